The van der Waals surface area contributed by atoms with Crippen LogP contribution in [-0.2, 0) is 14.8 Å². The van der Waals surface area contributed by atoms with Gasteiger partial charge in [0.2, 0.25) is 10.0 Å². The normalized spacial score (nSPS) is 12.7. The maximum atomic E-state index is 11.7. The number of hydrogen-bond acceptors (Lipinski definition) is 5. The summed E-state index contributed by atoms with van der Waals surface area (Å²) in [6.07, 6.45) is 0. The number of non-ortho nitro benzene ring substituents is 1. The van der Waals surface area contributed by atoms with Crippen LogP contribution in [0.1, 0.15) is 12.5 Å². The van der Waals surface area contributed by atoms with Crippen LogP contribution < -0.4 is 4.72 Å². The summed E-state index contributed by atoms with van der Waals surface area (Å²) >= 11 is 0. The molecular formula is C10H12N2O6S. The molecule has 0 aliphatic carbocycles. The van der Waals surface area contributed by atoms with E-state index in [4.69, 9.17) is 5.11 Å². The number of nitro groups is 1. The van der Waals surface area contributed by atoms with E-state index in [0.29, 0.717) is 5.56 Å². The maximum Gasteiger partial charge on any atom is 0.323 e. The van der Waals surface area contributed by atoms with Crippen molar-refractivity contribution in [2.24, 2.45) is 0 Å². The Labute approximate surface area is 109 Å². The van der Waals surface area contributed by atoms with Gasteiger partial charge in [0.1, 0.15) is 0 Å². The molecule has 8 nitrogen and oxygen atoms in total. The number of aryl methyl sites for hydroxylation is 1. The number of sulfonamides is 1. The number of carboxylic acid groups (broad SMARTS) is 1. The summed E-state index contributed by atoms with van der Waals surface area (Å²) in [5.41, 5.74) is 0.265. The van der Waals surface area contributed by atoms with Crippen LogP contribution in [0.25, 0.3) is 0 Å². The Morgan fingerprint density at radius 2 is 2.05 bits per heavy atom. The van der Waals surface area contributed by atoms with Crippen molar-refractivity contribution in [2.45, 2.75) is 19.1 Å². The highest BCUT2D eigenvalue weighted by Crippen LogP contribution is 2.22. The van der Waals surface area contributed by atoms with Crippen molar-refractivity contribution in [3.63, 3.8) is 0 Å². The second-order valence-corrected chi connectivity index (χ2v) is 5.89. The van der Waals surface area contributed by atoms with E-state index in [1.54, 1.807) is 0 Å². The standard InChI is InChI=1S/C10H12N2O6S/c1-6-5-8(12(15)16)3-4-9(6)11-19(17,18)7(2)10(13)14/h3-5,7,11H,1-2H3,(H,13,14). The van der Waals surface area contributed by atoms with Gasteiger partial charge in [0, 0.05) is 12.1 Å². The van der Waals surface area contributed by atoms with E-state index in [0.717, 1.165) is 13.0 Å². The molecule has 0 aliphatic heterocycles. The number of rotatable bonds is 5. The van der Waals surface area contributed by atoms with Crippen molar-refractivity contribution in [3.8, 4) is 0 Å². The van der Waals surface area contributed by atoms with Gasteiger partial charge in [-0.15, -0.1) is 0 Å². The lowest BCUT2D eigenvalue weighted by molar-refractivity contribution is -0.384. The van der Waals surface area contributed by atoms with Crippen LogP contribution in [0.2, 0.25) is 0 Å². The fourth-order valence-electron chi connectivity index (χ4n) is 1.25. The molecule has 1 unspecified atom stereocenters. The summed E-state index contributed by atoms with van der Waals surface area (Å²) in [7, 11) is -4.09. The number of hydrogen-bond donors (Lipinski definition) is 2. The Morgan fingerprint density at radius 1 is 1.47 bits per heavy atom. The molecule has 0 heterocycles. The zero-order valence-electron chi connectivity index (χ0n) is 10.2. The number of benzene rings is 1. The molecule has 9 heteroatoms. The van der Waals surface area contributed by atoms with E-state index in [1.807, 2.05) is 0 Å². The highest BCUT2D eigenvalue weighted by atomic mass is 32.2. The molecule has 0 bridgehead atoms. The second-order valence-electron chi connectivity index (χ2n) is 3.88. The molecule has 0 aromatic heterocycles. The minimum atomic E-state index is -4.09. The molecule has 1 aromatic rings. The Morgan fingerprint density at radius 3 is 2.47 bits per heavy atom. The predicted octanol–water partition coefficient (Wildman–Crippen LogP) is 1.12. The van der Waals surface area contributed by atoms with Crippen LogP contribution in [-0.4, -0.2) is 29.7 Å². The fraction of sp³-hybridized carbons (Fsp3) is 0.300. The molecule has 0 saturated heterocycles. The molecule has 1 atom stereocenters. The predicted molar refractivity (Wildman–Crippen MR) is 67.5 cm³/mol. The Kier molecular flexibility index (Phi) is 4.10. The van der Waals surface area contributed by atoms with Crippen LogP contribution in [0.5, 0.6) is 0 Å². The molecular weight excluding hydrogens is 276 g/mol. The lowest BCUT2D eigenvalue weighted by atomic mass is 10.2. The average molecular weight is 288 g/mol. The lowest BCUT2D eigenvalue weighted by Crippen LogP contribution is -2.32. The van der Waals surface area contributed by atoms with Gasteiger partial charge in [-0.25, -0.2) is 8.42 Å². The summed E-state index contributed by atoms with van der Waals surface area (Å²) in [6, 6.07) is 3.55. The summed E-state index contributed by atoms with van der Waals surface area (Å²) in [4.78, 5) is 20.6. The van der Waals surface area contributed by atoms with Crippen molar-refractivity contribution in [3.05, 3.63) is 33.9 Å². The van der Waals surface area contributed by atoms with E-state index in [-0.39, 0.29) is 11.4 Å². The van der Waals surface area contributed by atoms with Crippen molar-refractivity contribution in [2.75, 3.05) is 4.72 Å². The smallest absolute Gasteiger partial charge is 0.323 e. The monoisotopic (exact) mass is 288 g/mol. The van der Waals surface area contributed by atoms with Gasteiger partial charge in [0.25, 0.3) is 5.69 Å². The van der Waals surface area contributed by atoms with E-state index in [9.17, 15) is 23.3 Å². The zero-order chi connectivity index (χ0) is 14.8. The molecule has 0 saturated carbocycles. The Hall–Kier alpha value is -2.16. The number of nitrogens with one attached hydrogen (secondary N) is 1. The average Bonchev–Trinajstić information content (AvgIpc) is 2.30. The van der Waals surface area contributed by atoms with Crippen LogP contribution in [0.4, 0.5) is 11.4 Å². The quantitative estimate of drug-likeness (QED) is 0.617. The van der Waals surface area contributed by atoms with Gasteiger partial charge in [0.05, 0.1) is 10.6 Å². The molecule has 0 spiro atoms. The number of anilines is 1. The minimum Gasteiger partial charge on any atom is -0.480 e. The first-order valence-corrected chi connectivity index (χ1v) is 6.69. The number of carbonyl (C=O) groups is 1. The SMILES string of the molecule is Cc1cc([N+](=O)[O-])ccc1NS(=O)(=O)C(C)C(=O)O. The molecule has 1 rings (SSSR count). The second kappa shape index (κ2) is 5.22. The van der Waals surface area contributed by atoms with Crippen LogP contribution in [0.3, 0.4) is 0 Å². The first kappa shape index (κ1) is 14.9. The summed E-state index contributed by atoms with van der Waals surface area (Å²) < 4.78 is 25.5. The van der Waals surface area contributed by atoms with E-state index in [2.05, 4.69) is 4.72 Å². The molecule has 0 amide bonds. The van der Waals surface area contributed by atoms with Crippen LogP contribution >= 0.6 is 0 Å². The van der Waals surface area contributed by atoms with Crippen molar-refractivity contribution in [1.29, 1.82) is 0 Å². The van der Waals surface area contributed by atoms with Gasteiger partial charge in [-0.2, -0.15) is 0 Å². The molecule has 0 fully saturated rings. The highest BCUT2D eigenvalue weighted by Gasteiger charge is 2.28. The molecule has 0 aliphatic rings. The summed E-state index contributed by atoms with van der Waals surface area (Å²) in [5.74, 6) is -1.48. The fourth-order valence-corrected chi connectivity index (χ4v) is 2.23. The first-order chi connectivity index (χ1) is 8.65. The van der Waals surface area contributed by atoms with E-state index in [1.165, 1.54) is 19.1 Å². The summed E-state index contributed by atoms with van der Waals surface area (Å²) in [6.45, 7) is 2.52. The van der Waals surface area contributed by atoms with Gasteiger partial charge in [-0.1, -0.05) is 0 Å². The zero-order valence-corrected chi connectivity index (χ0v) is 11.0. The largest absolute Gasteiger partial charge is 0.480 e. The van der Waals surface area contributed by atoms with E-state index >= 15 is 0 Å². The minimum absolute atomic E-state index is 0.110. The number of carboxylic acids is 1. The highest BCUT2D eigenvalue weighted by molar-refractivity contribution is 7.94. The van der Waals surface area contributed by atoms with Gasteiger partial charge in [-0.05, 0) is 25.5 Å². The third kappa shape index (κ3) is 3.41. The topological polar surface area (TPSA) is 127 Å². The third-order valence-corrected chi connectivity index (χ3v) is 4.12. The third-order valence-electron chi connectivity index (χ3n) is 2.49. The Bertz CT molecular complexity index is 625. The molecule has 19 heavy (non-hydrogen) atoms. The maximum absolute atomic E-state index is 11.7. The molecule has 104 valence electrons. The molecule has 2 N–H and O–H groups in total. The van der Waals surface area contributed by atoms with Crippen molar-refractivity contribution < 1.29 is 23.2 Å². The molecule has 0 radical (unpaired) electrons. The van der Waals surface area contributed by atoms with Gasteiger partial charge < -0.3 is 5.11 Å². The van der Waals surface area contributed by atoms with Crippen molar-refractivity contribution >= 4 is 27.4 Å². The lowest BCUT2D eigenvalue weighted by Gasteiger charge is -2.12. The van der Waals surface area contributed by atoms with Crippen LogP contribution in [0.15, 0.2) is 18.2 Å². The van der Waals surface area contributed by atoms with Gasteiger partial charge in [-0.3, -0.25) is 19.6 Å². The first-order valence-electron chi connectivity index (χ1n) is 5.14. The van der Waals surface area contributed by atoms with Crippen molar-refractivity contribution in [1.82, 2.24) is 0 Å². The van der Waals surface area contributed by atoms with Gasteiger partial charge in [0.15, 0.2) is 5.25 Å². The summed E-state index contributed by atoms with van der Waals surface area (Å²) in [5, 5.41) is 17.6. The van der Waals surface area contributed by atoms with Crippen LogP contribution in [0, 0.1) is 17.0 Å². The van der Waals surface area contributed by atoms with Gasteiger partial charge >= 0.3 is 5.97 Å². The number of nitrogens with zero attached hydrogens (tertiary/aromatic N) is 1. The molecule has 1 aromatic carbocycles. The Balaban J connectivity index is 3.07. The number of nitro benzene ring substituents is 1. The number of aliphatic carboxylic acids is 1. The van der Waals surface area contributed by atoms with E-state index < -0.39 is 26.2 Å².